The number of anilines is 2. The standard InChI is InChI=1S/C14H19N5/c1-11(2)16-14-17-13(9-15-18-14)19(3)10-12-7-5-4-6-8-12/h4-9,11H,10H2,1-3H3,(H,16,17,18). The average molecular weight is 257 g/mol. The summed E-state index contributed by atoms with van der Waals surface area (Å²) in [6, 6.07) is 10.6. The van der Waals surface area contributed by atoms with Gasteiger partial charge in [0.15, 0.2) is 5.82 Å². The fourth-order valence-electron chi connectivity index (χ4n) is 1.74. The van der Waals surface area contributed by atoms with E-state index in [-0.39, 0.29) is 6.04 Å². The van der Waals surface area contributed by atoms with E-state index in [0.29, 0.717) is 5.95 Å². The van der Waals surface area contributed by atoms with Crippen LogP contribution in [0.4, 0.5) is 11.8 Å². The maximum absolute atomic E-state index is 4.45. The van der Waals surface area contributed by atoms with Crippen molar-refractivity contribution in [3.05, 3.63) is 42.1 Å². The van der Waals surface area contributed by atoms with Gasteiger partial charge in [-0.2, -0.15) is 10.1 Å². The van der Waals surface area contributed by atoms with E-state index in [1.165, 1.54) is 5.56 Å². The van der Waals surface area contributed by atoms with Crippen LogP contribution in [0.3, 0.4) is 0 Å². The maximum Gasteiger partial charge on any atom is 0.244 e. The van der Waals surface area contributed by atoms with Gasteiger partial charge in [-0.1, -0.05) is 30.3 Å². The van der Waals surface area contributed by atoms with Gasteiger partial charge in [0.05, 0.1) is 6.20 Å². The van der Waals surface area contributed by atoms with Gasteiger partial charge in [0.1, 0.15) is 0 Å². The Hall–Kier alpha value is -2.17. The van der Waals surface area contributed by atoms with Crippen molar-refractivity contribution in [2.75, 3.05) is 17.3 Å². The zero-order valence-corrected chi connectivity index (χ0v) is 11.5. The molecule has 0 atom stereocenters. The summed E-state index contributed by atoms with van der Waals surface area (Å²) in [6.07, 6.45) is 1.68. The molecule has 1 heterocycles. The topological polar surface area (TPSA) is 53.9 Å². The first-order valence-electron chi connectivity index (χ1n) is 6.36. The second-order valence-electron chi connectivity index (χ2n) is 4.78. The molecule has 0 saturated heterocycles. The third kappa shape index (κ3) is 3.91. The van der Waals surface area contributed by atoms with E-state index >= 15 is 0 Å². The van der Waals surface area contributed by atoms with Crippen LogP contribution in [-0.4, -0.2) is 28.3 Å². The first-order chi connectivity index (χ1) is 9.15. The lowest BCUT2D eigenvalue weighted by atomic mass is 10.2. The van der Waals surface area contributed by atoms with Gasteiger partial charge < -0.3 is 10.2 Å². The molecule has 1 aromatic carbocycles. The highest BCUT2D eigenvalue weighted by Gasteiger charge is 2.07. The number of hydrogen-bond acceptors (Lipinski definition) is 5. The van der Waals surface area contributed by atoms with Crippen molar-refractivity contribution < 1.29 is 0 Å². The van der Waals surface area contributed by atoms with Gasteiger partial charge in [0, 0.05) is 19.6 Å². The molecule has 0 aliphatic heterocycles. The molecule has 100 valence electrons. The lowest BCUT2D eigenvalue weighted by Crippen LogP contribution is -2.20. The minimum atomic E-state index is 0.288. The highest BCUT2D eigenvalue weighted by molar-refractivity contribution is 5.40. The summed E-state index contributed by atoms with van der Waals surface area (Å²) in [4.78, 5) is 6.50. The molecule has 0 spiro atoms. The summed E-state index contributed by atoms with van der Waals surface area (Å²) in [6.45, 7) is 4.88. The summed E-state index contributed by atoms with van der Waals surface area (Å²) < 4.78 is 0. The van der Waals surface area contributed by atoms with E-state index in [1.54, 1.807) is 6.20 Å². The van der Waals surface area contributed by atoms with Crippen LogP contribution < -0.4 is 10.2 Å². The van der Waals surface area contributed by atoms with Gasteiger partial charge in [-0.25, -0.2) is 0 Å². The normalized spacial score (nSPS) is 10.5. The van der Waals surface area contributed by atoms with E-state index in [4.69, 9.17) is 0 Å². The summed E-state index contributed by atoms with van der Waals surface area (Å²) in [7, 11) is 2.00. The predicted molar refractivity (Wildman–Crippen MR) is 77.1 cm³/mol. The SMILES string of the molecule is CC(C)Nc1nncc(N(C)Cc2ccccc2)n1. The Morgan fingerprint density at radius 2 is 1.95 bits per heavy atom. The van der Waals surface area contributed by atoms with Crippen molar-refractivity contribution >= 4 is 11.8 Å². The average Bonchev–Trinajstić information content (AvgIpc) is 2.39. The van der Waals surface area contributed by atoms with Crippen LogP contribution in [0.1, 0.15) is 19.4 Å². The van der Waals surface area contributed by atoms with Crippen LogP contribution in [0.2, 0.25) is 0 Å². The predicted octanol–water partition coefficient (Wildman–Crippen LogP) is 2.33. The molecular weight excluding hydrogens is 238 g/mol. The number of rotatable bonds is 5. The van der Waals surface area contributed by atoms with Crippen molar-refractivity contribution in [2.24, 2.45) is 0 Å². The lowest BCUT2D eigenvalue weighted by Gasteiger charge is -2.18. The Morgan fingerprint density at radius 1 is 1.21 bits per heavy atom. The van der Waals surface area contributed by atoms with Gasteiger partial charge in [-0.15, -0.1) is 5.10 Å². The smallest absolute Gasteiger partial charge is 0.244 e. The molecule has 1 aromatic heterocycles. The van der Waals surface area contributed by atoms with Crippen molar-refractivity contribution in [1.82, 2.24) is 15.2 Å². The van der Waals surface area contributed by atoms with Crippen molar-refractivity contribution in [2.45, 2.75) is 26.4 Å². The fourth-order valence-corrected chi connectivity index (χ4v) is 1.74. The third-order valence-electron chi connectivity index (χ3n) is 2.62. The summed E-state index contributed by atoms with van der Waals surface area (Å²) in [5.41, 5.74) is 1.24. The third-order valence-corrected chi connectivity index (χ3v) is 2.62. The summed E-state index contributed by atoms with van der Waals surface area (Å²) >= 11 is 0. The molecule has 2 aromatic rings. The molecule has 0 aliphatic carbocycles. The highest BCUT2D eigenvalue weighted by Crippen LogP contribution is 2.12. The quantitative estimate of drug-likeness (QED) is 0.891. The number of nitrogens with one attached hydrogen (secondary N) is 1. The number of hydrogen-bond donors (Lipinski definition) is 1. The minimum Gasteiger partial charge on any atom is -0.354 e. The summed E-state index contributed by atoms with van der Waals surface area (Å²) in [5.74, 6) is 1.37. The zero-order chi connectivity index (χ0) is 13.7. The van der Waals surface area contributed by atoms with Gasteiger partial charge in [0.25, 0.3) is 0 Å². The van der Waals surface area contributed by atoms with E-state index in [9.17, 15) is 0 Å². The number of benzene rings is 1. The Labute approximate surface area is 113 Å². The lowest BCUT2D eigenvalue weighted by molar-refractivity contribution is 0.827. The van der Waals surface area contributed by atoms with Gasteiger partial charge >= 0.3 is 0 Å². The van der Waals surface area contributed by atoms with Crippen molar-refractivity contribution in [1.29, 1.82) is 0 Å². The molecular formula is C14H19N5. The second-order valence-corrected chi connectivity index (χ2v) is 4.78. The van der Waals surface area contributed by atoms with Crippen LogP contribution >= 0.6 is 0 Å². The molecule has 0 aliphatic rings. The Morgan fingerprint density at radius 3 is 2.63 bits per heavy atom. The summed E-state index contributed by atoms with van der Waals surface area (Å²) in [5, 5.41) is 11.1. The van der Waals surface area contributed by atoms with Gasteiger partial charge in [0.2, 0.25) is 5.95 Å². The molecule has 0 unspecified atom stereocenters. The number of nitrogens with zero attached hydrogens (tertiary/aromatic N) is 4. The molecule has 5 nitrogen and oxygen atoms in total. The van der Waals surface area contributed by atoms with E-state index < -0.39 is 0 Å². The number of aromatic nitrogens is 3. The van der Waals surface area contributed by atoms with Gasteiger partial charge in [-0.05, 0) is 19.4 Å². The first-order valence-corrected chi connectivity index (χ1v) is 6.36. The minimum absolute atomic E-state index is 0.288. The molecule has 19 heavy (non-hydrogen) atoms. The molecule has 0 amide bonds. The molecule has 0 fully saturated rings. The van der Waals surface area contributed by atoms with E-state index in [2.05, 4.69) is 37.5 Å². The van der Waals surface area contributed by atoms with Crippen LogP contribution in [0.5, 0.6) is 0 Å². The van der Waals surface area contributed by atoms with E-state index in [0.717, 1.165) is 12.4 Å². The molecule has 0 bridgehead atoms. The van der Waals surface area contributed by atoms with Crippen LogP contribution in [0.15, 0.2) is 36.5 Å². The Kier molecular flexibility index (Phi) is 4.28. The second kappa shape index (κ2) is 6.13. The van der Waals surface area contributed by atoms with E-state index in [1.807, 2.05) is 39.1 Å². The molecule has 1 N–H and O–H groups in total. The molecule has 2 rings (SSSR count). The first kappa shape index (κ1) is 13.3. The molecule has 5 heteroatoms. The Balaban J connectivity index is 2.08. The Bertz CT molecular complexity index is 512. The van der Waals surface area contributed by atoms with Gasteiger partial charge in [-0.3, -0.25) is 0 Å². The zero-order valence-electron chi connectivity index (χ0n) is 11.5. The monoisotopic (exact) mass is 257 g/mol. The van der Waals surface area contributed by atoms with Crippen LogP contribution in [-0.2, 0) is 6.54 Å². The van der Waals surface area contributed by atoms with Crippen LogP contribution in [0, 0.1) is 0 Å². The fraction of sp³-hybridized carbons (Fsp3) is 0.357. The maximum atomic E-state index is 4.45. The van der Waals surface area contributed by atoms with Crippen molar-refractivity contribution in [3.8, 4) is 0 Å². The van der Waals surface area contributed by atoms with Crippen LogP contribution in [0.25, 0.3) is 0 Å². The molecule has 0 saturated carbocycles. The highest BCUT2D eigenvalue weighted by atomic mass is 15.3. The largest absolute Gasteiger partial charge is 0.354 e. The molecule has 0 radical (unpaired) electrons. The van der Waals surface area contributed by atoms with Crippen molar-refractivity contribution in [3.63, 3.8) is 0 Å².